The molecule has 1 aromatic carbocycles. The highest BCUT2D eigenvalue weighted by molar-refractivity contribution is 5.86. The number of benzene rings is 1. The summed E-state index contributed by atoms with van der Waals surface area (Å²) >= 11 is 0. The van der Waals surface area contributed by atoms with Gasteiger partial charge >= 0.3 is 0 Å². The molecule has 5 atom stereocenters. The Kier molecular flexibility index (Phi) is 3.38. The van der Waals surface area contributed by atoms with Crippen LogP contribution in [0.25, 0.3) is 10.9 Å². The van der Waals surface area contributed by atoms with Gasteiger partial charge in [-0.05, 0) is 44.4 Å². The van der Waals surface area contributed by atoms with Crippen LogP contribution in [0.3, 0.4) is 0 Å². The predicted molar refractivity (Wildman–Crippen MR) is 97.5 cm³/mol. The summed E-state index contributed by atoms with van der Waals surface area (Å²) in [6.45, 7) is 3.16. The van der Waals surface area contributed by atoms with Crippen LogP contribution in [0.2, 0.25) is 0 Å². The molecule has 4 heterocycles. The predicted octanol–water partition coefficient (Wildman–Crippen LogP) is 2.95. The summed E-state index contributed by atoms with van der Waals surface area (Å²) in [5, 5.41) is 1.40. The normalized spacial score (nSPS) is 34.6. The van der Waals surface area contributed by atoms with Gasteiger partial charge in [-0.15, -0.1) is 0 Å². The van der Waals surface area contributed by atoms with E-state index in [1.54, 1.807) is 6.92 Å². The number of Topliss-reactive ketones (excluding diaryl/α,β-unsaturated/α-hetero) is 1. The molecule has 4 nitrogen and oxygen atoms in total. The van der Waals surface area contributed by atoms with Crippen LogP contribution in [0.4, 0.5) is 0 Å². The van der Waals surface area contributed by atoms with Crippen LogP contribution in [0.1, 0.15) is 30.6 Å². The molecule has 0 N–H and O–H groups in total. The van der Waals surface area contributed by atoms with E-state index in [2.05, 4.69) is 47.8 Å². The lowest BCUT2D eigenvalue weighted by atomic mass is 9.65. The number of carbonyl (C=O) groups is 1. The highest BCUT2D eigenvalue weighted by atomic mass is 16.5. The number of carbonyl (C=O) groups excluding carboxylic acids is 1. The summed E-state index contributed by atoms with van der Waals surface area (Å²) < 4.78 is 8.27. The third kappa shape index (κ3) is 2.04. The third-order valence-electron chi connectivity index (χ3n) is 7.19. The van der Waals surface area contributed by atoms with Crippen molar-refractivity contribution in [3.8, 4) is 0 Å². The smallest absolute Gasteiger partial charge is 0.135 e. The zero-order chi connectivity index (χ0) is 17.3. The maximum atomic E-state index is 12.2. The molecule has 5 rings (SSSR count). The first kappa shape index (κ1) is 15.6. The molecule has 4 heteroatoms. The van der Waals surface area contributed by atoms with Crippen molar-refractivity contribution in [1.29, 1.82) is 0 Å². The van der Waals surface area contributed by atoms with Gasteiger partial charge in [-0.1, -0.05) is 18.2 Å². The molecular formula is C21H26N2O2. The van der Waals surface area contributed by atoms with Gasteiger partial charge in [0.05, 0.1) is 19.3 Å². The Labute approximate surface area is 148 Å². The molecule has 3 aliphatic rings. The number of para-hydroxylation sites is 1. The number of aromatic nitrogens is 1. The van der Waals surface area contributed by atoms with Gasteiger partial charge in [-0.3, -0.25) is 9.69 Å². The Morgan fingerprint density at radius 3 is 2.76 bits per heavy atom. The molecule has 25 heavy (non-hydrogen) atoms. The molecule has 1 aromatic heterocycles. The van der Waals surface area contributed by atoms with Crippen molar-refractivity contribution >= 4 is 16.7 Å². The molecule has 0 spiro atoms. The Hall–Kier alpha value is -1.65. The summed E-state index contributed by atoms with van der Waals surface area (Å²) in [5.74, 6) is 1.31. The lowest BCUT2D eigenvalue weighted by Crippen LogP contribution is -2.58. The second-order valence-electron chi connectivity index (χ2n) is 8.21. The van der Waals surface area contributed by atoms with E-state index in [1.165, 1.54) is 22.2 Å². The summed E-state index contributed by atoms with van der Waals surface area (Å²) in [6, 6.07) is 9.66. The van der Waals surface area contributed by atoms with E-state index in [1.807, 2.05) is 0 Å². The topological polar surface area (TPSA) is 34.5 Å². The quantitative estimate of drug-likeness (QED) is 0.802. The summed E-state index contributed by atoms with van der Waals surface area (Å²) in [4.78, 5) is 14.8. The van der Waals surface area contributed by atoms with Crippen LogP contribution in [-0.2, 0) is 23.0 Å². The number of ketones is 1. The van der Waals surface area contributed by atoms with E-state index in [0.717, 1.165) is 19.4 Å². The highest BCUT2D eigenvalue weighted by Gasteiger charge is 2.51. The molecule has 3 aliphatic heterocycles. The van der Waals surface area contributed by atoms with Crippen molar-refractivity contribution in [2.24, 2.45) is 24.8 Å². The first-order valence-electron chi connectivity index (χ1n) is 9.44. The minimum Gasteiger partial charge on any atom is -0.380 e. The maximum Gasteiger partial charge on any atom is 0.135 e. The molecule has 0 radical (unpaired) electrons. The second kappa shape index (κ2) is 5.42. The van der Waals surface area contributed by atoms with Gasteiger partial charge in [0.15, 0.2) is 0 Å². The molecule has 2 bridgehead atoms. The van der Waals surface area contributed by atoms with Gasteiger partial charge in [0.25, 0.3) is 0 Å². The largest absolute Gasteiger partial charge is 0.380 e. The number of aryl methyl sites for hydroxylation is 1. The number of ether oxygens (including phenoxy) is 1. The molecule has 0 saturated carbocycles. The van der Waals surface area contributed by atoms with Crippen LogP contribution in [0.5, 0.6) is 0 Å². The lowest BCUT2D eigenvalue weighted by Gasteiger charge is -2.54. The monoisotopic (exact) mass is 338 g/mol. The van der Waals surface area contributed by atoms with Gasteiger partial charge in [0.2, 0.25) is 0 Å². The van der Waals surface area contributed by atoms with Gasteiger partial charge in [0, 0.05) is 41.5 Å². The van der Waals surface area contributed by atoms with E-state index in [-0.39, 0.29) is 5.92 Å². The van der Waals surface area contributed by atoms with Crippen LogP contribution in [-0.4, -0.2) is 41.6 Å². The van der Waals surface area contributed by atoms with Gasteiger partial charge in [-0.2, -0.15) is 0 Å². The molecule has 2 aromatic rings. The number of hydrogen-bond donors (Lipinski definition) is 0. The fourth-order valence-corrected chi connectivity index (χ4v) is 5.93. The number of nitrogens with zero attached hydrogens (tertiary/aromatic N) is 2. The van der Waals surface area contributed by atoms with Crippen LogP contribution in [0, 0.1) is 17.8 Å². The summed E-state index contributed by atoms with van der Waals surface area (Å²) in [5.41, 5.74) is 4.32. The second-order valence-corrected chi connectivity index (χ2v) is 8.21. The molecule has 2 fully saturated rings. The Morgan fingerprint density at radius 2 is 1.96 bits per heavy atom. The fourth-order valence-electron chi connectivity index (χ4n) is 5.93. The maximum absolute atomic E-state index is 12.2. The minimum atomic E-state index is 0.0775. The average Bonchev–Trinajstić information content (AvgIpc) is 2.88. The van der Waals surface area contributed by atoms with Gasteiger partial charge in [0.1, 0.15) is 5.78 Å². The fraction of sp³-hybridized carbons (Fsp3) is 0.571. The van der Waals surface area contributed by atoms with Crippen molar-refractivity contribution in [3.63, 3.8) is 0 Å². The zero-order valence-electron chi connectivity index (χ0n) is 15.2. The van der Waals surface area contributed by atoms with Crippen molar-refractivity contribution in [2.75, 3.05) is 20.3 Å². The SMILES string of the molecule is CC(=O)C1COCC2C1CC1c3c(c4ccccc4n3C)CC2N1C. The average molecular weight is 338 g/mol. The molecule has 0 aliphatic carbocycles. The van der Waals surface area contributed by atoms with Crippen molar-refractivity contribution in [3.05, 3.63) is 35.5 Å². The molecular weight excluding hydrogens is 312 g/mol. The first-order chi connectivity index (χ1) is 12.1. The number of likely N-dealkylation sites (N-methyl/N-ethyl adjacent to an activating group) is 1. The van der Waals surface area contributed by atoms with Crippen molar-refractivity contribution < 1.29 is 9.53 Å². The Balaban J connectivity index is 1.66. The Bertz CT molecular complexity index is 855. The lowest BCUT2D eigenvalue weighted by molar-refractivity contribution is -0.142. The van der Waals surface area contributed by atoms with E-state index in [9.17, 15) is 4.79 Å². The van der Waals surface area contributed by atoms with Crippen LogP contribution < -0.4 is 0 Å². The van der Waals surface area contributed by atoms with E-state index < -0.39 is 0 Å². The molecule has 2 saturated heterocycles. The third-order valence-corrected chi connectivity index (χ3v) is 7.19. The number of fused-ring (bicyclic) bond motifs is 8. The van der Waals surface area contributed by atoms with Gasteiger partial charge in [-0.25, -0.2) is 0 Å². The molecule has 0 amide bonds. The standard InChI is InChI=1S/C21H26N2O2/c1-12(24)16-10-25-11-17-14(16)8-20-21-15(9-19(17)22(20)2)13-6-4-5-7-18(13)23(21)3/h4-7,14,16-17,19-20H,8-11H2,1-3H3. The number of rotatable bonds is 1. The van der Waals surface area contributed by atoms with E-state index in [4.69, 9.17) is 4.74 Å². The summed E-state index contributed by atoms with van der Waals surface area (Å²) in [7, 11) is 4.47. The first-order valence-corrected chi connectivity index (χ1v) is 9.44. The minimum absolute atomic E-state index is 0.0775. The summed E-state index contributed by atoms with van der Waals surface area (Å²) in [6.07, 6.45) is 2.14. The van der Waals surface area contributed by atoms with Crippen molar-refractivity contribution in [1.82, 2.24) is 9.47 Å². The van der Waals surface area contributed by atoms with E-state index >= 15 is 0 Å². The number of piperidine rings is 1. The van der Waals surface area contributed by atoms with Gasteiger partial charge < -0.3 is 9.30 Å². The van der Waals surface area contributed by atoms with E-state index in [0.29, 0.717) is 36.3 Å². The van der Waals surface area contributed by atoms with Crippen LogP contribution in [0.15, 0.2) is 24.3 Å². The highest BCUT2D eigenvalue weighted by Crippen LogP contribution is 2.51. The Morgan fingerprint density at radius 1 is 1.16 bits per heavy atom. The van der Waals surface area contributed by atoms with Crippen molar-refractivity contribution in [2.45, 2.75) is 31.8 Å². The molecule has 5 unspecified atom stereocenters. The van der Waals surface area contributed by atoms with Crippen LogP contribution >= 0.6 is 0 Å². The number of hydrogen-bond acceptors (Lipinski definition) is 3. The molecule has 132 valence electrons. The zero-order valence-corrected chi connectivity index (χ0v) is 15.2.